The first-order chi connectivity index (χ1) is 10.0. The molecule has 0 aliphatic heterocycles. The van der Waals surface area contributed by atoms with E-state index >= 15 is 0 Å². The summed E-state index contributed by atoms with van der Waals surface area (Å²) in [6.45, 7) is 15.0. The Labute approximate surface area is 134 Å². The van der Waals surface area contributed by atoms with Crippen LogP contribution in [0.15, 0.2) is 24.6 Å². The first kappa shape index (κ1) is 17.0. The SMILES string of the molecule is CCc1[nH]cnc1C1=CC(C(C)(C)C)C(O)(C(C)(C)C)C=C1. The zero-order valence-corrected chi connectivity index (χ0v) is 15.0. The molecule has 0 spiro atoms. The number of imidazole rings is 1. The van der Waals surface area contributed by atoms with Gasteiger partial charge in [-0.25, -0.2) is 4.98 Å². The van der Waals surface area contributed by atoms with E-state index in [9.17, 15) is 5.11 Å². The quantitative estimate of drug-likeness (QED) is 0.852. The Balaban J connectivity index is 2.53. The van der Waals surface area contributed by atoms with Gasteiger partial charge in [0.2, 0.25) is 0 Å². The molecule has 0 aromatic carbocycles. The van der Waals surface area contributed by atoms with E-state index in [-0.39, 0.29) is 16.7 Å². The van der Waals surface area contributed by atoms with Crippen LogP contribution >= 0.6 is 0 Å². The molecule has 1 aliphatic rings. The van der Waals surface area contributed by atoms with Crippen LogP contribution in [0.25, 0.3) is 5.57 Å². The molecule has 1 heterocycles. The van der Waals surface area contributed by atoms with Crippen LogP contribution < -0.4 is 0 Å². The van der Waals surface area contributed by atoms with Crippen molar-refractivity contribution in [2.75, 3.05) is 0 Å². The predicted octanol–water partition coefficient (Wildman–Crippen LogP) is 4.36. The maximum absolute atomic E-state index is 11.4. The molecule has 22 heavy (non-hydrogen) atoms. The summed E-state index contributed by atoms with van der Waals surface area (Å²) in [5.74, 6) is 0.0291. The molecule has 0 saturated heterocycles. The zero-order chi connectivity index (χ0) is 16.8. The highest BCUT2D eigenvalue weighted by atomic mass is 16.3. The van der Waals surface area contributed by atoms with Gasteiger partial charge in [-0.2, -0.15) is 0 Å². The van der Waals surface area contributed by atoms with E-state index in [1.165, 1.54) is 0 Å². The summed E-state index contributed by atoms with van der Waals surface area (Å²) in [5, 5.41) is 11.4. The Morgan fingerprint density at radius 2 is 1.86 bits per heavy atom. The molecule has 1 aliphatic carbocycles. The van der Waals surface area contributed by atoms with E-state index in [1.54, 1.807) is 6.33 Å². The number of nitrogens with one attached hydrogen (secondary N) is 1. The third-order valence-corrected chi connectivity index (χ3v) is 4.82. The number of aromatic nitrogens is 2. The number of aromatic amines is 1. The van der Waals surface area contributed by atoms with Gasteiger partial charge in [0, 0.05) is 11.6 Å². The van der Waals surface area contributed by atoms with Gasteiger partial charge < -0.3 is 10.1 Å². The number of aliphatic hydroxyl groups is 1. The second-order valence-electron chi connectivity index (χ2n) is 8.46. The van der Waals surface area contributed by atoms with Crippen molar-refractivity contribution in [1.29, 1.82) is 0 Å². The third kappa shape index (κ3) is 2.79. The number of hydrogen-bond acceptors (Lipinski definition) is 2. The van der Waals surface area contributed by atoms with Gasteiger partial charge >= 0.3 is 0 Å². The first-order valence-electron chi connectivity index (χ1n) is 8.16. The average Bonchev–Trinajstić information content (AvgIpc) is 2.84. The molecular formula is C19H30N2O. The summed E-state index contributed by atoms with van der Waals surface area (Å²) in [6, 6.07) is 0. The highest BCUT2D eigenvalue weighted by Crippen LogP contribution is 2.49. The van der Waals surface area contributed by atoms with Gasteiger partial charge in [0.1, 0.15) is 0 Å². The highest BCUT2D eigenvalue weighted by molar-refractivity contribution is 5.75. The minimum absolute atomic E-state index is 0.0291. The van der Waals surface area contributed by atoms with E-state index < -0.39 is 5.60 Å². The average molecular weight is 302 g/mol. The van der Waals surface area contributed by atoms with Crippen molar-refractivity contribution in [3.05, 3.63) is 35.9 Å². The Morgan fingerprint density at radius 1 is 1.23 bits per heavy atom. The monoisotopic (exact) mass is 302 g/mol. The van der Waals surface area contributed by atoms with Crippen molar-refractivity contribution in [3.63, 3.8) is 0 Å². The number of nitrogens with zero attached hydrogens (tertiary/aromatic N) is 1. The number of hydrogen-bond donors (Lipinski definition) is 2. The van der Waals surface area contributed by atoms with Gasteiger partial charge in [-0.15, -0.1) is 0 Å². The van der Waals surface area contributed by atoms with Crippen LogP contribution in [0.2, 0.25) is 0 Å². The minimum Gasteiger partial charge on any atom is -0.385 e. The second kappa shape index (κ2) is 5.38. The summed E-state index contributed by atoms with van der Waals surface area (Å²) in [4.78, 5) is 7.69. The summed E-state index contributed by atoms with van der Waals surface area (Å²) in [7, 11) is 0. The van der Waals surface area contributed by atoms with Crippen LogP contribution in [-0.4, -0.2) is 20.7 Å². The normalized spacial score (nSPS) is 26.2. The fourth-order valence-corrected chi connectivity index (χ4v) is 3.31. The van der Waals surface area contributed by atoms with E-state index in [1.807, 2.05) is 12.2 Å². The van der Waals surface area contributed by atoms with Gasteiger partial charge in [0.05, 0.1) is 17.6 Å². The summed E-state index contributed by atoms with van der Waals surface area (Å²) < 4.78 is 0. The Morgan fingerprint density at radius 3 is 2.36 bits per heavy atom. The standard InChI is InChI=1S/C19H30N2O/c1-8-14-16(21-12-20-14)13-9-10-19(22,18(5,6)7)15(11-13)17(2,3)4/h9-12,15,22H,8H2,1-7H3,(H,20,21). The first-order valence-corrected chi connectivity index (χ1v) is 8.16. The molecule has 0 fully saturated rings. The van der Waals surface area contributed by atoms with Gasteiger partial charge in [0.15, 0.2) is 0 Å². The maximum Gasteiger partial charge on any atom is 0.0946 e. The minimum atomic E-state index is -0.864. The lowest BCUT2D eigenvalue weighted by Crippen LogP contribution is -2.52. The lowest BCUT2D eigenvalue weighted by Gasteiger charge is -2.49. The lowest BCUT2D eigenvalue weighted by molar-refractivity contribution is -0.0796. The summed E-state index contributed by atoms with van der Waals surface area (Å²) >= 11 is 0. The molecule has 2 atom stereocenters. The topological polar surface area (TPSA) is 48.9 Å². The fraction of sp³-hybridized carbons (Fsp3) is 0.632. The Hall–Kier alpha value is -1.35. The Kier molecular flexibility index (Phi) is 4.16. The molecule has 2 rings (SSSR count). The largest absolute Gasteiger partial charge is 0.385 e. The van der Waals surface area contributed by atoms with Crippen LogP contribution in [0.3, 0.4) is 0 Å². The van der Waals surface area contributed by atoms with Crippen molar-refractivity contribution < 1.29 is 5.11 Å². The third-order valence-electron chi connectivity index (χ3n) is 4.82. The fourth-order valence-electron chi connectivity index (χ4n) is 3.31. The number of allylic oxidation sites excluding steroid dienone is 2. The predicted molar refractivity (Wildman–Crippen MR) is 92.4 cm³/mol. The zero-order valence-electron chi connectivity index (χ0n) is 15.0. The van der Waals surface area contributed by atoms with Crippen molar-refractivity contribution >= 4 is 5.57 Å². The molecule has 0 bridgehead atoms. The van der Waals surface area contributed by atoms with Crippen molar-refractivity contribution in [1.82, 2.24) is 9.97 Å². The molecule has 0 amide bonds. The molecule has 2 unspecified atom stereocenters. The van der Waals surface area contributed by atoms with Crippen LogP contribution in [0.5, 0.6) is 0 Å². The van der Waals surface area contributed by atoms with Gasteiger partial charge in [-0.3, -0.25) is 0 Å². The number of H-pyrrole nitrogens is 1. The van der Waals surface area contributed by atoms with E-state index in [4.69, 9.17) is 0 Å². The van der Waals surface area contributed by atoms with Gasteiger partial charge in [0.25, 0.3) is 0 Å². The molecule has 1 aromatic rings. The molecule has 3 nitrogen and oxygen atoms in total. The smallest absolute Gasteiger partial charge is 0.0946 e. The van der Waals surface area contributed by atoms with Crippen LogP contribution in [0, 0.1) is 16.7 Å². The van der Waals surface area contributed by atoms with Crippen LogP contribution in [0.1, 0.15) is 59.9 Å². The van der Waals surface area contributed by atoms with Gasteiger partial charge in [-0.1, -0.05) is 66.7 Å². The van der Waals surface area contributed by atoms with Gasteiger partial charge in [-0.05, 0) is 22.8 Å². The van der Waals surface area contributed by atoms with Crippen LogP contribution in [0.4, 0.5) is 0 Å². The lowest BCUT2D eigenvalue weighted by atomic mass is 9.59. The molecule has 2 N–H and O–H groups in total. The highest BCUT2D eigenvalue weighted by Gasteiger charge is 2.49. The summed E-state index contributed by atoms with van der Waals surface area (Å²) in [5.41, 5.74) is 2.11. The second-order valence-corrected chi connectivity index (χ2v) is 8.46. The molecule has 122 valence electrons. The van der Waals surface area contributed by atoms with E-state index in [2.05, 4.69) is 64.5 Å². The van der Waals surface area contributed by atoms with Crippen molar-refractivity contribution in [3.8, 4) is 0 Å². The Bertz CT molecular complexity index is 596. The molecule has 3 heteroatoms. The number of aryl methyl sites for hydroxylation is 1. The number of rotatable bonds is 2. The van der Waals surface area contributed by atoms with E-state index in [0.717, 1.165) is 23.4 Å². The van der Waals surface area contributed by atoms with Crippen LogP contribution in [-0.2, 0) is 6.42 Å². The van der Waals surface area contributed by atoms with Crippen molar-refractivity contribution in [2.24, 2.45) is 16.7 Å². The maximum atomic E-state index is 11.4. The molecule has 0 radical (unpaired) electrons. The molecular weight excluding hydrogens is 272 g/mol. The summed E-state index contributed by atoms with van der Waals surface area (Å²) in [6.07, 6.45) is 8.89. The van der Waals surface area contributed by atoms with E-state index in [0.29, 0.717) is 0 Å². The van der Waals surface area contributed by atoms with Crippen molar-refractivity contribution in [2.45, 2.75) is 60.5 Å². The molecule has 1 aromatic heterocycles. The molecule has 0 saturated carbocycles.